The van der Waals surface area contributed by atoms with Crippen molar-refractivity contribution >= 4 is 27.3 Å². The Morgan fingerprint density at radius 1 is 1.47 bits per heavy atom. The molecule has 0 N–H and O–H groups in total. The van der Waals surface area contributed by atoms with E-state index in [9.17, 15) is 10.1 Å². The first kappa shape index (κ1) is 9.85. The lowest BCUT2D eigenvalue weighted by Gasteiger charge is -2.29. The second-order valence-corrected chi connectivity index (χ2v) is 4.09. The van der Waals surface area contributed by atoms with Gasteiger partial charge in [0.2, 0.25) is 0 Å². The highest BCUT2D eigenvalue weighted by Crippen LogP contribution is 2.25. The third kappa shape index (κ3) is 2.95. The Balaban J connectivity index is 2.41. The molecule has 5 nitrogen and oxygen atoms in total. The number of non-ortho nitro benzene ring substituents is 1. The van der Waals surface area contributed by atoms with Crippen LogP contribution >= 0.6 is 15.9 Å². The number of morpholine rings is 1. The lowest BCUT2D eigenvalue weighted by Crippen LogP contribution is -2.36. The number of ether oxygens (including phenoxy) is 1. The molecule has 1 fully saturated rings. The van der Waals surface area contributed by atoms with Gasteiger partial charge in [-0.05, 0) is 11.6 Å². The molecule has 0 aliphatic carbocycles. The standard InChI is InChI=1S/C11H13BrN2O3/c12-8-9-5-10(7-11(6-9)14(15)16)13-1-3-17-4-2-13/h5-7H,1-4,8H2/i8D2. The molecular formula is C11H13BrN2O3. The first-order valence-electron chi connectivity index (χ1n) is 6.19. The maximum atomic E-state index is 10.9. The lowest BCUT2D eigenvalue weighted by molar-refractivity contribution is -0.384. The molecule has 0 amide bonds. The minimum absolute atomic E-state index is 0.109. The quantitative estimate of drug-likeness (QED) is 0.488. The molecule has 0 aromatic heterocycles. The fourth-order valence-electron chi connectivity index (χ4n) is 1.76. The number of hydrogen-bond acceptors (Lipinski definition) is 4. The van der Waals surface area contributed by atoms with E-state index in [1.807, 2.05) is 4.90 Å². The van der Waals surface area contributed by atoms with Crippen molar-refractivity contribution in [1.82, 2.24) is 0 Å². The number of nitro groups is 1. The highest BCUT2D eigenvalue weighted by molar-refractivity contribution is 9.08. The topological polar surface area (TPSA) is 55.6 Å². The van der Waals surface area contributed by atoms with Crippen molar-refractivity contribution in [3.05, 3.63) is 33.9 Å². The van der Waals surface area contributed by atoms with Crippen molar-refractivity contribution in [1.29, 1.82) is 0 Å². The van der Waals surface area contributed by atoms with Gasteiger partial charge in [0.15, 0.2) is 0 Å². The van der Waals surface area contributed by atoms with Gasteiger partial charge >= 0.3 is 0 Å². The third-order valence-corrected chi connectivity index (χ3v) is 3.06. The van der Waals surface area contributed by atoms with Gasteiger partial charge in [-0.15, -0.1) is 0 Å². The molecule has 6 heteroatoms. The molecule has 0 unspecified atom stereocenters. The summed E-state index contributed by atoms with van der Waals surface area (Å²) in [7, 11) is 0. The molecule has 0 radical (unpaired) electrons. The number of nitro benzene ring substituents is 1. The average Bonchev–Trinajstić information content (AvgIpc) is 2.38. The Morgan fingerprint density at radius 2 is 2.18 bits per heavy atom. The maximum Gasteiger partial charge on any atom is 0.271 e. The highest BCUT2D eigenvalue weighted by Gasteiger charge is 2.16. The van der Waals surface area contributed by atoms with Crippen LogP contribution in [0.15, 0.2) is 18.2 Å². The predicted octanol–water partition coefficient (Wildman–Crippen LogP) is 2.33. The van der Waals surface area contributed by atoms with Crippen LogP contribution in [0, 0.1) is 10.1 Å². The fraction of sp³-hybridized carbons (Fsp3) is 0.455. The number of halogens is 1. The van der Waals surface area contributed by atoms with Crippen molar-refractivity contribution in [2.75, 3.05) is 31.2 Å². The second-order valence-electron chi connectivity index (χ2n) is 3.69. The molecule has 1 saturated heterocycles. The van der Waals surface area contributed by atoms with E-state index in [0.29, 0.717) is 32.0 Å². The van der Waals surface area contributed by atoms with E-state index in [-0.39, 0.29) is 11.3 Å². The van der Waals surface area contributed by atoms with Gasteiger partial charge in [-0.2, -0.15) is 0 Å². The van der Waals surface area contributed by atoms with Crippen LogP contribution in [0.1, 0.15) is 8.30 Å². The Kier molecular flexibility index (Phi) is 3.16. The maximum absolute atomic E-state index is 10.9. The van der Waals surface area contributed by atoms with Crippen LogP contribution in [-0.4, -0.2) is 31.2 Å². The Labute approximate surface area is 110 Å². The summed E-state index contributed by atoms with van der Waals surface area (Å²) in [6.07, 6.45) is 0. The Bertz CT molecular complexity index is 487. The molecule has 1 aromatic carbocycles. The van der Waals surface area contributed by atoms with E-state index in [0.717, 1.165) is 0 Å². The molecule has 0 atom stereocenters. The van der Waals surface area contributed by atoms with Crippen molar-refractivity contribution in [3.63, 3.8) is 0 Å². The Morgan fingerprint density at radius 3 is 2.76 bits per heavy atom. The van der Waals surface area contributed by atoms with Gasteiger partial charge in [-0.25, -0.2) is 0 Å². The normalized spacial score (nSPS) is 18.5. The lowest BCUT2D eigenvalue weighted by atomic mass is 10.1. The van der Waals surface area contributed by atoms with Gasteiger partial charge in [0, 0.05) is 38.9 Å². The van der Waals surface area contributed by atoms with Gasteiger partial charge in [0.25, 0.3) is 5.69 Å². The van der Waals surface area contributed by atoms with Crippen LogP contribution in [-0.2, 0) is 10.0 Å². The summed E-state index contributed by atoms with van der Waals surface area (Å²) < 4.78 is 20.5. The van der Waals surface area contributed by atoms with E-state index in [1.165, 1.54) is 12.1 Å². The van der Waals surface area contributed by atoms with E-state index in [2.05, 4.69) is 15.9 Å². The van der Waals surface area contributed by atoms with E-state index in [1.54, 1.807) is 6.07 Å². The zero-order chi connectivity index (χ0) is 14.0. The molecule has 1 aliphatic rings. The molecule has 0 spiro atoms. The van der Waals surface area contributed by atoms with Crippen LogP contribution in [0.3, 0.4) is 0 Å². The van der Waals surface area contributed by atoms with Crippen molar-refractivity contribution in [3.8, 4) is 0 Å². The summed E-state index contributed by atoms with van der Waals surface area (Å²) in [5, 5.41) is 9.15. The summed E-state index contributed by atoms with van der Waals surface area (Å²) in [4.78, 5) is 12.4. The largest absolute Gasteiger partial charge is 0.378 e. The van der Waals surface area contributed by atoms with E-state index >= 15 is 0 Å². The van der Waals surface area contributed by atoms with Crippen LogP contribution < -0.4 is 4.90 Å². The first-order valence-corrected chi connectivity index (χ1v) is 5.99. The van der Waals surface area contributed by atoms with Gasteiger partial charge in [0.1, 0.15) is 0 Å². The first-order chi connectivity index (χ1) is 8.88. The molecular weight excluding hydrogens is 288 g/mol. The van der Waals surface area contributed by atoms with E-state index in [4.69, 9.17) is 7.48 Å². The van der Waals surface area contributed by atoms with Crippen molar-refractivity contribution in [2.24, 2.45) is 0 Å². The van der Waals surface area contributed by atoms with Crippen molar-refractivity contribution in [2.45, 2.75) is 5.28 Å². The summed E-state index contributed by atoms with van der Waals surface area (Å²) in [5.41, 5.74) is 0.779. The molecule has 1 heterocycles. The minimum Gasteiger partial charge on any atom is -0.378 e. The molecule has 92 valence electrons. The summed E-state index contributed by atoms with van der Waals surface area (Å²) in [6.45, 7) is 2.43. The zero-order valence-corrected chi connectivity index (χ0v) is 10.6. The van der Waals surface area contributed by atoms with Crippen LogP contribution in [0.5, 0.6) is 0 Å². The monoisotopic (exact) mass is 302 g/mol. The smallest absolute Gasteiger partial charge is 0.271 e. The van der Waals surface area contributed by atoms with Gasteiger partial charge < -0.3 is 9.64 Å². The molecule has 17 heavy (non-hydrogen) atoms. The van der Waals surface area contributed by atoms with E-state index < -0.39 is 10.2 Å². The Hall–Kier alpha value is -1.14. The predicted molar refractivity (Wildman–Crippen MR) is 68.8 cm³/mol. The van der Waals surface area contributed by atoms with Crippen LogP contribution in [0.25, 0.3) is 0 Å². The number of hydrogen-bond donors (Lipinski definition) is 0. The number of anilines is 1. The zero-order valence-electron chi connectivity index (χ0n) is 11.1. The van der Waals surface area contributed by atoms with Gasteiger partial charge in [-0.1, -0.05) is 15.9 Å². The van der Waals surface area contributed by atoms with Gasteiger partial charge in [-0.3, -0.25) is 10.1 Å². The molecule has 1 aromatic rings. The number of rotatable bonds is 3. The average molecular weight is 303 g/mol. The second kappa shape index (κ2) is 5.46. The summed E-state index contributed by atoms with van der Waals surface area (Å²) in [6, 6.07) is 4.35. The summed E-state index contributed by atoms with van der Waals surface area (Å²) >= 11 is 2.90. The molecule has 1 aliphatic heterocycles. The molecule has 0 saturated carbocycles. The van der Waals surface area contributed by atoms with Crippen LogP contribution in [0.2, 0.25) is 0 Å². The number of alkyl halides is 1. The highest BCUT2D eigenvalue weighted by atomic mass is 79.9. The SMILES string of the molecule is [2H]C([2H])(Br)c1cc(N2CCOCC2)cc([N+](=O)[O-])c1. The minimum atomic E-state index is -1.79. The number of nitrogens with zero attached hydrogens (tertiary/aromatic N) is 2. The van der Waals surface area contributed by atoms with Crippen molar-refractivity contribution < 1.29 is 12.4 Å². The van der Waals surface area contributed by atoms with Gasteiger partial charge in [0.05, 0.1) is 18.1 Å². The molecule has 2 rings (SSSR count). The van der Waals surface area contributed by atoms with Crippen LogP contribution in [0.4, 0.5) is 11.4 Å². The summed E-state index contributed by atoms with van der Waals surface area (Å²) in [5.74, 6) is 0. The number of benzene rings is 1. The fourth-order valence-corrected chi connectivity index (χ4v) is 1.99. The third-order valence-electron chi connectivity index (χ3n) is 2.60. The molecule has 0 bridgehead atoms.